The average molecular weight is 286 g/mol. The summed E-state index contributed by atoms with van der Waals surface area (Å²) in [6.45, 7) is 8.01. The molecule has 0 bridgehead atoms. The molecule has 0 aromatic heterocycles. The highest BCUT2D eigenvalue weighted by atomic mass is 16.2. The topological polar surface area (TPSA) is 32.3 Å². The van der Waals surface area contributed by atoms with Crippen molar-refractivity contribution in [3.8, 4) is 0 Å². The SMILES string of the molecule is CC(C)CN1C[C@H](c2ccccc2)[C@]2(CCCNC2)C1=O. The van der Waals surface area contributed by atoms with Crippen LogP contribution in [-0.4, -0.2) is 37.0 Å². The predicted octanol–water partition coefficient (Wildman–Crippen LogP) is 2.64. The number of carbonyl (C=O) groups is 1. The Morgan fingerprint density at radius 1 is 1.33 bits per heavy atom. The number of nitrogens with one attached hydrogen (secondary N) is 1. The third-order valence-electron chi connectivity index (χ3n) is 4.99. The van der Waals surface area contributed by atoms with Gasteiger partial charge < -0.3 is 10.2 Å². The van der Waals surface area contributed by atoms with Crippen molar-refractivity contribution in [2.24, 2.45) is 11.3 Å². The maximum Gasteiger partial charge on any atom is 0.230 e. The first kappa shape index (κ1) is 14.6. The van der Waals surface area contributed by atoms with Crippen molar-refractivity contribution in [1.82, 2.24) is 10.2 Å². The summed E-state index contributed by atoms with van der Waals surface area (Å²) >= 11 is 0. The molecule has 3 rings (SSSR count). The Bertz CT molecular complexity index is 491. The number of piperidine rings is 1. The monoisotopic (exact) mass is 286 g/mol. The van der Waals surface area contributed by atoms with E-state index in [1.165, 1.54) is 5.56 Å². The van der Waals surface area contributed by atoms with E-state index in [0.29, 0.717) is 17.7 Å². The van der Waals surface area contributed by atoms with E-state index in [0.717, 1.165) is 39.0 Å². The van der Waals surface area contributed by atoms with E-state index >= 15 is 0 Å². The smallest absolute Gasteiger partial charge is 0.230 e. The van der Waals surface area contributed by atoms with E-state index in [1.807, 2.05) is 0 Å². The van der Waals surface area contributed by atoms with Gasteiger partial charge in [-0.2, -0.15) is 0 Å². The first-order chi connectivity index (χ1) is 10.1. The Hall–Kier alpha value is -1.35. The second kappa shape index (κ2) is 5.80. The van der Waals surface area contributed by atoms with Crippen molar-refractivity contribution in [1.29, 1.82) is 0 Å². The molecule has 3 nitrogen and oxygen atoms in total. The molecule has 21 heavy (non-hydrogen) atoms. The minimum Gasteiger partial charge on any atom is -0.341 e. The van der Waals surface area contributed by atoms with Gasteiger partial charge in [-0.15, -0.1) is 0 Å². The zero-order valence-corrected chi connectivity index (χ0v) is 13.1. The first-order valence-corrected chi connectivity index (χ1v) is 8.18. The molecule has 0 saturated carbocycles. The zero-order valence-electron chi connectivity index (χ0n) is 13.1. The predicted molar refractivity (Wildman–Crippen MR) is 85.1 cm³/mol. The van der Waals surface area contributed by atoms with Crippen LogP contribution in [0.4, 0.5) is 0 Å². The first-order valence-electron chi connectivity index (χ1n) is 8.18. The fourth-order valence-electron chi connectivity index (χ4n) is 4.06. The Morgan fingerprint density at radius 3 is 2.71 bits per heavy atom. The Labute approximate surface area is 127 Å². The van der Waals surface area contributed by atoms with E-state index in [9.17, 15) is 4.79 Å². The molecule has 1 aromatic carbocycles. The minimum atomic E-state index is -0.214. The van der Waals surface area contributed by atoms with Gasteiger partial charge >= 0.3 is 0 Å². The number of nitrogens with zero attached hydrogens (tertiary/aromatic N) is 1. The van der Waals surface area contributed by atoms with Gasteiger partial charge in [-0.3, -0.25) is 4.79 Å². The van der Waals surface area contributed by atoms with Crippen LogP contribution in [0, 0.1) is 11.3 Å². The standard InChI is InChI=1S/C18H26N2O/c1-14(2)11-20-12-16(15-7-4-3-5-8-15)18(17(20)21)9-6-10-19-13-18/h3-5,7-8,14,16,19H,6,9-13H2,1-2H3/t16-,18-/m1/s1. The molecule has 0 radical (unpaired) electrons. The Morgan fingerprint density at radius 2 is 2.10 bits per heavy atom. The van der Waals surface area contributed by atoms with Gasteiger partial charge in [0.25, 0.3) is 0 Å². The van der Waals surface area contributed by atoms with Gasteiger partial charge in [0, 0.05) is 25.6 Å². The maximum absolute atomic E-state index is 13.1. The van der Waals surface area contributed by atoms with Crippen molar-refractivity contribution < 1.29 is 4.79 Å². The van der Waals surface area contributed by atoms with E-state index in [-0.39, 0.29) is 5.41 Å². The molecule has 2 heterocycles. The minimum absolute atomic E-state index is 0.214. The summed E-state index contributed by atoms with van der Waals surface area (Å²) in [5.74, 6) is 1.23. The number of rotatable bonds is 3. The number of carbonyl (C=O) groups excluding carboxylic acids is 1. The number of hydrogen-bond donors (Lipinski definition) is 1. The molecule has 114 valence electrons. The molecule has 0 unspecified atom stereocenters. The van der Waals surface area contributed by atoms with Crippen LogP contribution < -0.4 is 5.32 Å². The van der Waals surface area contributed by atoms with Crippen LogP contribution in [0.3, 0.4) is 0 Å². The van der Waals surface area contributed by atoms with Crippen molar-refractivity contribution in [2.75, 3.05) is 26.2 Å². The van der Waals surface area contributed by atoms with Crippen LogP contribution >= 0.6 is 0 Å². The van der Waals surface area contributed by atoms with Crippen molar-refractivity contribution in [3.63, 3.8) is 0 Å². The molecule has 2 aliphatic heterocycles. The van der Waals surface area contributed by atoms with Crippen molar-refractivity contribution in [2.45, 2.75) is 32.6 Å². The summed E-state index contributed by atoms with van der Waals surface area (Å²) in [7, 11) is 0. The summed E-state index contributed by atoms with van der Waals surface area (Å²) in [6, 6.07) is 10.6. The highest BCUT2D eigenvalue weighted by Gasteiger charge is 2.54. The van der Waals surface area contributed by atoms with Crippen LogP contribution in [0.15, 0.2) is 30.3 Å². The van der Waals surface area contributed by atoms with E-state index in [2.05, 4.69) is 54.4 Å². The van der Waals surface area contributed by atoms with Crippen LogP contribution in [0.2, 0.25) is 0 Å². The second-order valence-corrected chi connectivity index (χ2v) is 7.00. The van der Waals surface area contributed by atoms with E-state index in [4.69, 9.17) is 0 Å². The fourth-order valence-corrected chi connectivity index (χ4v) is 4.06. The summed E-state index contributed by atoms with van der Waals surface area (Å²) in [4.78, 5) is 15.2. The van der Waals surface area contributed by atoms with Gasteiger partial charge in [0.15, 0.2) is 0 Å². The van der Waals surface area contributed by atoms with Crippen LogP contribution in [0.25, 0.3) is 0 Å². The molecule has 2 aliphatic rings. The normalized spacial score (nSPS) is 29.6. The fraction of sp³-hybridized carbons (Fsp3) is 0.611. The number of likely N-dealkylation sites (tertiary alicyclic amines) is 1. The van der Waals surface area contributed by atoms with E-state index in [1.54, 1.807) is 0 Å². The summed E-state index contributed by atoms with van der Waals surface area (Å²) < 4.78 is 0. The summed E-state index contributed by atoms with van der Waals surface area (Å²) in [6.07, 6.45) is 2.12. The van der Waals surface area contributed by atoms with Gasteiger partial charge in [0.2, 0.25) is 5.91 Å². The lowest BCUT2D eigenvalue weighted by Gasteiger charge is -2.37. The number of benzene rings is 1. The Kier molecular flexibility index (Phi) is 4.03. The second-order valence-electron chi connectivity index (χ2n) is 7.00. The quantitative estimate of drug-likeness (QED) is 0.926. The largest absolute Gasteiger partial charge is 0.341 e. The third kappa shape index (κ3) is 2.59. The van der Waals surface area contributed by atoms with Crippen molar-refractivity contribution in [3.05, 3.63) is 35.9 Å². The molecule has 1 amide bonds. The van der Waals surface area contributed by atoms with Gasteiger partial charge in [0.05, 0.1) is 5.41 Å². The Balaban J connectivity index is 1.94. The van der Waals surface area contributed by atoms with Gasteiger partial charge in [0.1, 0.15) is 0 Å². The molecule has 1 aromatic rings. The summed E-state index contributed by atoms with van der Waals surface area (Å²) in [5, 5.41) is 3.47. The summed E-state index contributed by atoms with van der Waals surface area (Å²) in [5.41, 5.74) is 1.11. The lowest BCUT2D eigenvalue weighted by molar-refractivity contribution is -0.137. The molecular formula is C18H26N2O. The molecule has 2 saturated heterocycles. The molecule has 3 heteroatoms. The van der Waals surface area contributed by atoms with Gasteiger partial charge in [-0.1, -0.05) is 44.2 Å². The third-order valence-corrected chi connectivity index (χ3v) is 4.99. The van der Waals surface area contributed by atoms with E-state index < -0.39 is 0 Å². The van der Waals surface area contributed by atoms with Gasteiger partial charge in [-0.05, 0) is 30.9 Å². The maximum atomic E-state index is 13.1. The molecule has 1 N–H and O–H groups in total. The average Bonchev–Trinajstić information content (AvgIpc) is 2.75. The lowest BCUT2D eigenvalue weighted by atomic mass is 9.69. The molecule has 1 spiro atoms. The highest BCUT2D eigenvalue weighted by molar-refractivity contribution is 5.87. The highest BCUT2D eigenvalue weighted by Crippen LogP contribution is 2.48. The molecule has 2 fully saturated rings. The zero-order chi connectivity index (χ0) is 14.9. The lowest BCUT2D eigenvalue weighted by Crippen LogP contribution is -2.48. The molecular weight excluding hydrogens is 260 g/mol. The number of amides is 1. The van der Waals surface area contributed by atoms with Crippen LogP contribution in [0.1, 0.15) is 38.2 Å². The molecule has 0 aliphatic carbocycles. The number of hydrogen-bond acceptors (Lipinski definition) is 2. The van der Waals surface area contributed by atoms with Crippen LogP contribution in [0.5, 0.6) is 0 Å². The molecule has 2 atom stereocenters. The van der Waals surface area contributed by atoms with Crippen LogP contribution in [-0.2, 0) is 4.79 Å². The van der Waals surface area contributed by atoms with Crippen molar-refractivity contribution >= 4 is 5.91 Å². The van der Waals surface area contributed by atoms with Gasteiger partial charge in [-0.25, -0.2) is 0 Å².